The van der Waals surface area contributed by atoms with Gasteiger partial charge >= 0.3 is 0 Å². The summed E-state index contributed by atoms with van der Waals surface area (Å²) in [5.74, 6) is -0.666. The van der Waals surface area contributed by atoms with Crippen LogP contribution in [-0.4, -0.2) is 19.5 Å². The fourth-order valence-corrected chi connectivity index (χ4v) is 2.20. The van der Waals surface area contributed by atoms with E-state index in [2.05, 4.69) is 20.3 Å². The van der Waals surface area contributed by atoms with E-state index in [9.17, 15) is 8.78 Å². The zero-order valence-electron chi connectivity index (χ0n) is 12.0. The van der Waals surface area contributed by atoms with Gasteiger partial charge < -0.3 is 9.88 Å². The minimum absolute atomic E-state index is 0.239. The lowest BCUT2D eigenvalue weighted by Gasteiger charge is -2.10. The summed E-state index contributed by atoms with van der Waals surface area (Å²) in [6.07, 6.45) is 5.34. The maximum absolute atomic E-state index is 13.9. The standard InChI is InChI=1S/C15H12ClF2N5/c1-9(22-15-19-5-11(17)6-20-15)13-7-23(8-21-13)14-3-2-10(16)4-12(14)18/h2-9H,1H3,(H,19,20,22)/t9-/m0/s1. The Morgan fingerprint density at radius 1 is 1.17 bits per heavy atom. The van der Waals surface area contributed by atoms with Crippen molar-refractivity contribution < 1.29 is 8.78 Å². The average Bonchev–Trinajstić information content (AvgIpc) is 2.99. The van der Waals surface area contributed by atoms with Gasteiger partial charge in [0.05, 0.1) is 36.1 Å². The van der Waals surface area contributed by atoms with Crippen molar-refractivity contribution in [2.45, 2.75) is 13.0 Å². The molecule has 0 saturated carbocycles. The fraction of sp³-hybridized carbons (Fsp3) is 0.133. The van der Waals surface area contributed by atoms with E-state index < -0.39 is 11.6 Å². The Morgan fingerprint density at radius 2 is 1.91 bits per heavy atom. The van der Waals surface area contributed by atoms with Gasteiger partial charge in [-0.1, -0.05) is 11.6 Å². The monoisotopic (exact) mass is 335 g/mol. The molecule has 1 aromatic carbocycles. The number of rotatable bonds is 4. The van der Waals surface area contributed by atoms with E-state index in [4.69, 9.17) is 11.6 Å². The van der Waals surface area contributed by atoms with Gasteiger partial charge in [-0.15, -0.1) is 0 Å². The molecule has 0 radical (unpaired) electrons. The molecule has 0 aliphatic rings. The summed E-state index contributed by atoms with van der Waals surface area (Å²) >= 11 is 5.75. The number of aromatic nitrogens is 4. The average molecular weight is 336 g/mol. The van der Waals surface area contributed by atoms with Crippen molar-refractivity contribution in [2.24, 2.45) is 0 Å². The molecule has 0 aliphatic heterocycles. The Kier molecular flexibility index (Phi) is 4.20. The van der Waals surface area contributed by atoms with Gasteiger partial charge in [-0.3, -0.25) is 0 Å². The summed E-state index contributed by atoms with van der Waals surface area (Å²) < 4.78 is 28.3. The minimum atomic E-state index is -0.509. The summed E-state index contributed by atoms with van der Waals surface area (Å²) in [4.78, 5) is 11.9. The van der Waals surface area contributed by atoms with Crippen LogP contribution >= 0.6 is 11.6 Å². The molecule has 8 heteroatoms. The van der Waals surface area contributed by atoms with E-state index in [0.717, 1.165) is 12.4 Å². The zero-order valence-corrected chi connectivity index (χ0v) is 12.8. The van der Waals surface area contributed by atoms with Gasteiger partial charge in [0.15, 0.2) is 5.82 Å². The molecular formula is C15H12ClF2N5. The first-order valence-corrected chi connectivity index (χ1v) is 7.14. The predicted molar refractivity (Wildman–Crippen MR) is 82.6 cm³/mol. The Bertz CT molecular complexity index is 819. The molecule has 0 unspecified atom stereocenters. The smallest absolute Gasteiger partial charge is 0.223 e. The lowest BCUT2D eigenvalue weighted by atomic mass is 10.2. The van der Waals surface area contributed by atoms with Crippen LogP contribution in [0.25, 0.3) is 5.69 Å². The van der Waals surface area contributed by atoms with Gasteiger partial charge in [0.1, 0.15) is 5.82 Å². The van der Waals surface area contributed by atoms with E-state index >= 15 is 0 Å². The van der Waals surface area contributed by atoms with Crippen LogP contribution in [0.4, 0.5) is 14.7 Å². The summed E-state index contributed by atoms with van der Waals surface area (Å²) in [5, 5.41) is 3.32. The molecule has 0 aliphatic carbocycles. The Balaban J connectivity index is 1.79. The molecule has 0 fully saturated rings. The summed E-state index contributed by atoms with van der Waals surface area (Å²) in [6.45, 7) is 1.84. The normalized spacial score (nSPS) is 12.2. The zero-order chi connectivity index (χ0) is 16.4. The molecule has 2 heterocycles. The number of nitrogens with zero attached hydrogens (tertiary/aromatic N) is 4. The first kappa shape index (κ1) is 15.4. The molecule has 0 spiro atoms. The van der Waals surface area contributed by atoms with Gasteiger partial charge in [-0.05, 0) is 25.1 Å². The third-order valence-electron chi connectivity index (χ3n) is 3.20. The lowest BCUT2D eigenvalue weighted by molar-refractivity contribution is 0.613. The SMILES string of the molecule is C[C@H](Nc1ncc(F)cn1)c1cn(-c2ccc(Cl)cc2F)cn1. The van der Waals surface area contributed by atoms with Crippen LogP contribution in [0.5, 0.6) is 0 Å². The highest BCUT2D eigenvalue weighted by atomic mass is 35.5. The predicted octanol–water partition coefficient (Wildman–Crippen LogP) is 3.77. The second kappa shape index (κ2) is 6.29. The van der Waals surface area contributed by atoms with Gasteiger partial charge in [-0.2, -0.15) is 0 Å². The molecule has 3 aromatic rings. The second-order valence-electron chi connectivity index (χ2n) is 4.89. The highest BCUT2D eigenvalue weighted by Gasteiger charge is 2.12. The van der Waals surface area contributed by atoms with Crippen molar-refractivity contribution in [3.8, 4) is 5.69 Å². The van der Waals surface area contributed by atoms with Crippen LogP contribution < -0.4 is 5.32 Å². The highest BCUT2D eigenvalue weighted by molar-refractivity contribution is 6.30. The molecule has 118 valence electrons. The third kappa shape index (κ3) is 3.45. The van der Waals surface area contributed by atoms with E-state index in [-0.39, 0.29) is 12.0 Å². The van der Waals surface area contributed by atoms with Crippen molar-refractivity contribution in [3.63, 3.8) is 0 Å². The van der Waals surface area contributed by atoms with E-state index in [0.29, 0.717) is 16.4 Å². The van der Waals surface area contributed by atoms with Crippen LogP contribution in [0.2, 0.25) is 5.02 Å². The van der Waals surface area contributed by atoms with Crippen molar-refractivity contribution in [1.29, 1.82) is 0 Å². The molecule has 0 amide bonds. The minimum Gasteiger partial charge on any atom is -0.346 e. The Morgan fingerprint density at radius 3 is 2.61 bits per heavy atom. The number of nitrogens with one attached hydrogen (secondary N) is 1. The van der Waals surface area contributed by atoms with E-state index in [1.165, 1.54) is 12.4 Å². The maximum Gasteiger partial charge on any atom is 0.223 e. The molecule has 3 rings (SSSR count). The molecule has 5 nitrogen and oxygen atoms in total. The number of halogens is 3. The van der Waals surface area contributed by atoms with Crippen LogP contribution in [0.15, 0.2) is 43.1 Å². The van der Waals surface area contributed by atoms with Crippen LogP contribution in [0.1, 0.15) is 18.7 Å². The van der Waals surface area contributed by atoms with Crippen molar-refractivity contribution >= 4 is 17.5 Å². The van der Waals surface area contributed by atoms with Crippen LogP contribution in [0.3, 0.4) is 0 Å². The lowest BCUT2D eigenvalue weighted by Crippen LogP contribution is -2.09. The topological polar surface area (TPSA) is 55.6 Å². The molecule has 0 bridgehead atoms. The molecule has 1 atom stereocenters. The Labute approximate surface area is 136 Å². The summed E-state index contributed by atoms with van der Waals surface area (Å²) in [6, 6.07) is 4.18. The molecule has 2 aromatic heterocycles. The van der Waals surface area contributed by atoms with Gasteiger partial charge in [0.2, 0.25) is 5.95 Å². The molecule has 1 N–H and O–H groups in total. The molecule has 23 heavy (non-hydrogen) atoms. The number of hydrogen-bond donors (Lipinski definition) is 1. The largest absolute Gasteiger partial charge is 0.346 e. The number of benzene rings is 1. The van der Waals surface area contributed by atoms with Crippen molar-refractivity contribution in [3.05, 3.63) is 65.5 Å². The third-order valence-corrected chi connectivity index (χ3v) is 3.44. The number of hydrogen-bond acceptors (Lipinski definition) is 4. The van der Waals surface area contributed by atoms with Gasteiger partial charge in [-0.25, -0.2) is 23.7 Å². The number of anilines is 1. The summed E-state index contributed by atoms with van der Waals surface area (Å²) in [7, 11) is 0. The molecular weight excluding hydrogens is 324 g/mol. The maximum atomic E-state index is 13.9. The fourth-order valence-electron chi connectivity index (χ4n) is 2.04. The highest BCUT2D eigenvalue weighted by Crippen LogP contribution is 2.21. The summed E-state index contributed by atoms with van der Waals surface area (Å²) in [5.41, 5.74) is 1.01. The quantitative estimate of drug-likeness (QED) is 0.788. The second-order valence-corrected chi connectivity index (χ2v) is 5.33. The first-order chi connectivity index (χ1) is 11.0. The number of imidazole rings is 1. The van der Waals surface area contributed by atoms with Crippen LogP contribution in [0, 0.1) is 11.6 Å². The molecule has 0 saturated heterocycles. The van der Waals surface area contributed by atoms with Crippen molar-refractivity contribution in [2.75, 3.05) is 5.32 Å². The Hall–Kier alpha value is -2.54. The first-order valence-electron chi connectivity index (χ1n) is 6.76. The van der Waals surface area contributed by atoms with Crippen molar-refractivity contribution in [1.82, 2.24) is 19.5 Å². The van der Waals surface area contributed by atoms with Gasteiger partial charge in [0, 0.05) is 11.2 Å². The van der Waals surface area contributed by atoms with E-state index in [1.807, 2.05) is 6.92 Å². The van der Waals surface area contributed by atoms with E-state index in [1.54, 1.807) is 22.9 Å². The van der Waals surface area contributed by atoms with Crippen LogP contribution in [-0.2, 0) is 0 Å². The van der Waals surface area contributed by atoms with Gasteiger partial charge in [0.25, 0.3) is 0 Å².